The van der Waals surface area contributed by atoms with Crippen LogP contribution in [0.25, 0.3) is 0 Å². The van der Waals surface area contributed by atoms with Crippen molar-refractivity contribution in [3.05, 3.63) is 18.0 Å². The van der Waals surface area contributed by atoms with E-state index in [-0.39, 0.29) is 16.8 Å². The van der Waals surface area contributed by atoms with Gasteiger partial charge < -0.3 is 9.47 Å². The van der Waals surface area contributed by atoms with Crippen LogP contribution >= 0.6 is 10.7 Å². The Balaban J connectivity index is 2.40. The van der Waals surface area contributed by atoms with Gasteiger partial charge in [-0.05, 0) is 38.7 Å². The number of carbonyl (C=O) groups excluding carboxylic acids is 1. The van der Waals surface area contributed by atoms with E-state index in [1.54, 1.807) is 9.47 Å². The van der Waals surface area contributed by atoms with Crippen LogP contribution in [-0.2, 0) is 9.05 Å². The van der Waals surface area contributed by atoms with Crippen LogP contribution < -0.4 is 0 Å². The van der Waals surface area contributed by atoms with Gasteiger partial charge in [0.15, 0.2) is 0 Å². The molecule has 0 N–H and O–H groups in total. The lowest BCUT2D eigenvalue weighted by atomic mass is 9.93. The first kappa shape index (κ1) is 16.4. The summed E-state index contributed by atoms with van der Waals surface area (Å²) in [4.78, 5) is 14.4. The van der Waals surface area contributed by atoms with Crippen molar-refractivity contribution in [1.29, 1.82) is 0 Å². The fourth-order valence-electron chi connectivity index (χ4n) is 2.56. The SMILES string of the molecule is CCCN(CC)C(=O)c1cc(S(=O)(=O)Cl)cn1C1CCC1. The first-order valence-electron chi connectivity index (χ1n) is 7.34. The van der Waals surface area contributed by atoms with Crippen LogP contribution in [0.1, 0.15) is 56.1 Å². The van der Waals surface area contributed by atoms with Gasteiger partial charge in [0.05, 0.1) is 0 Å². The van der Waals surface area contributed by atoms with Gasteiger partial charge >= 0.3 is 0 Å². The molecule has 1 saturated carbocycles. The molecule has 7 heteroatoms. The van der Waals surface area contributed by atoms with Crippen molar-refractivity contribution in [1.82, 2.24) is 9.47 Å². The number of hydrogen-bond donors (Lipinski definition) is 0. The Morgan fingerprint density at radius 2 is 2.10 bits per heavy atom. The third-order valence-corrected chi connectivity index (χ3v) is 5.28. The average Bonchev–Trinajstić information content (AvgIpc) is 2.77. The Hall–Kier alpha value is -1.01. The fourth-order valence-corrected chi connectivity index (χ4v) is 3.31. The summed E-state index contributed by atoms with van der Waals surface area (Å²) < 4.78 is 24.9. The van der Waals surface area contributed by atoms with E-state index in [1.165, 1.54) is 12.3 Å². The van der Waals surface area contributed by atoms with Crippen molar-refractivity contribution >= 4 is 25.6 Å². The molecule has 1 aromatic heterocycles. The lowest BCUT2D eigenvalue weighted by Crippen LogP contribution is -2.34. The predicted octanol–water partition coefficient (Wildman–Crippen LogP) is 3.01. The molecule has 118 valence electrons. The van der Waals surface area contributed by atoms with Crippen molar-refractivity contribution < 1.29 is 13.2 Å². The van der Waals surface area contributed by atoms with Gasteiger partial charge in [-0.2, -0.15) is 0 Å². The third kappa shape index (κ3) is 3.43. The van der Waals surface area contributed by atoms with Crippen LogP contribution in [0.15, 0.2) is 17.2 Å². The third-order valence-electron chi connectivity index (χ3n) is 3.95. The van der Waals surface area contributed by atoms with Gasteiger partial charge in [0.25, 0.3) is 15.0 Å². The maximum atomic E-state index is 12.6. The Kier molecular flexibility index (Phi) is 4.99. The van der Waals surface area contributed by atoms with Crippen molar-refractivity contribution in [2.75, 3.05) is 13.1 Å². The topological polar surface area (TPSA) is 59.4 Å². The molecular weight excluding hydrogens is 312 g/mol. The lowest BCUT2D eigenvalue weighted by Gasteiger charge is -2.30. The molecule has 0 aliphatic heterocycles. The van der Waals surface area contributed by atoms with Crippen molar-refractivity contribution in [3.8, 4) is 0 Å². The number of hydrogen-bond acceptors (Lipinski definition) is 3. The summed E-state index contributed by atoms with van der Waals surface area (Å²) in [7, 11) is 1.60. The second-order valence-corrected chi connectivity index (χ2v) is 7.94. The van der Waals surface area contributed by atoms with Gasteiger partial charge in [0.1, 0.15) is 10.6 Å². The zero-order valence-electron chi connectivity index (χ0n) is 12.4. The molecule has 0 saturated heterocycles. The van der Waals surface area contributed by atoms with E-state index < -0.39 is 9.05 Å². The Bertz CT molecular complexity index is 620. The van der Waals surface area contributed by atoms with Gasteiger partial charge in [-0.25, -0.2) is 8.42 Å². The van der Waals surface area contributed by atoms with E-state index >= 15 is 0 Å². The molecule has 0 atom stereocenters. The van der Waals surface area contributed by atoms with E-state index in [9.17, 15) is 13.2 Å². The van der Waals surface area contributed by atoms with Gasteiger partial charge in [-0.1, -0.05) is 6.92 Å². The van der Waals surface area contributed by atoms with Crippen LogP contribution in [-0.4, -0.2) is 36.9 Å². The molecular formula is C14H21ClN2O3S. The zero-order valence-corrected chi connectivity index (χ0v) is 14.0. The molecule has 21 heavy (non-hydrogen) atoms. The normalized spacial score (nSPS) is 15.8. The first-order chi connectivity index (χ1) is 9.88. The second-order valence-electron chi connectivity index (χ2n) is 5.38. The molecule has 1 aliphatic carbocycles. The van der Waals surface area contributed by atoms with Crippen LogP contribution in [0, 0.1) is 0 Å². The van der Waals surface area contributed by atoms with Crippen LogP contribution in [0.5, 0.6) is 0 Å². The molecule has 1 amide bonds. The monoisotopic (exact) mass is 332 g/mol. The molecule has 0 bridgehead atoms. The molecule has 2 rings (SSSR count). The minimum Gasteiger partial charge on any atom is -0.339 e. The summed E-state index contributed by atoms with van der Waals surface area (Å²) in [5.74, 6) is -0.127. The number of amides is 1. The Morgan fingerprint density at radius 3 is 2.52 bits per heavy atom. The molecule has 0 spiro atoms. The largest absolute Gasteiger partial charge is 0.339 e. The number of carbonyl (C=O) groups is 1. The van der Waals surface area contributed by atoms with Crippen LogP contribution in [0.3, 0.4) is 0 Å². The highest BCUT2D eigenvalue weighted by Gasteiger charge is 2.28. The van der Waals surface area contributed by atoms with E-state index in [2.05, 4.69) is 0 Å². The summed E-state index contributed by atoms with van der Waals surface area (Å²) in [6.07, 6.45) is 5.41. The standard InChI is InChI=1S/C14H21ClN2O3S/c1-3-8-16(4-2)14(18)13-9-12(21(15,19)20)10-17(13)11-6-5-7-11/h9-11H,3-8H2,1-2H3. The van der Waals surface area contributed by atoms with Crippen molar-refractivity contribution in [2.24, 2.45) is 0 Å². The highest BCUT2D eigenvalue weighted by atomic mass is 35.7. The molecule has 1 heterocycles. The summed E-state index contributed by atoms with van der Waals surface area (Å²) >= 11 is 0. The summed E-state index contributed by atoms with van der Waals surface area (Å²) in [5.41, 5.74) is 0.425. The smallest absolute Gasteiger partial charge is 0.270 e. The minimum absolute atomic E-state index is 0.00645. The van der Waals surface area contributed by atoms with Gasteiger partial charge in [0, 0.05) is 36.0 Å². The van der Waals surface area contributed by atoms with E-state index in [0.717, 1.165) is 25.7 Å². The Labute approximate surface area is 130 Å². The van der Waals surface area contributed by atoms with E-state index in [4.69, 9.17) is 10.7 Å². The lowest BCUT2D eigenvalue weighted by molar-refractivity contribution is 0.0747. The molecule has 0 radical (unpaired) electrons. The first-order valence-corrected chi connectivity index (χ1v) is 9.65. The molecule has 1 aromatic rings. The van der Waals surface area contributed by atoms with Gasteiger partial charge in [-0.3, -0.25) is 4.79 Å². The van der Waals surface area contributed by atoms with Gasteiger partial charge in [-0.15, -0.1) is 0 Å². The quantitative estimate of drug-likeness (QED) is 0.752. The number of rotatable bonds is 6. The van der Waals surface area contributed by atoms with Gasteiger partial charge in [0.2, 0.25) is 0 Å². The van der Waals surface area contributed by atoms with E-state index in [0.29, 0.717) is 18.8 Å². The summed E-state index contributed by atoms with van der Waals surface area (Å²) in [6, 6.07) is 1.61. The maximum absolute atomic E-state index is 12.6. The van der Waals surface area contributed by atoms with Crippen molar-refractivity contribution in [2.45, 2.75) is 50.5 Å². The van der Waals surface area contributed by atoms with Crippen LogP contribution in [0.4, 0.5) is 0 Å². The highest BCUT2D eigenvalue weighted by molar-refractivity contribution is 8.13. The van der Waals surface area contributed by atoms with E-state index in [1.807, 2.05) is 13.8 Å². The average molecular weight is 333 g/mol. The fraction of sp³-hybridized carbons (Fsp3) is 0.643. The number of nitrogens with zero attached hydrogens (tertiary/aromatic N) is 2. The maximum Gasteiger partial charge on any atom is 0.270 e. The van der Waals surface area contributed by atoms with Crippen molar-refractivity contribution in [3.63, 3.8) is 0 Å². The molecule has 0 aromatic carbocycles. The summed E-state index contributed by atoms with van der Waals surface area (Å²) in [5, 5.41) is 0. The minimum atomic E-state index is -3.82. The molecule has 5 nitrogen and oxygen atoms in total. The Morgan fingerprint density at radius 1 is 1.43 bits per heavy atom. The second kappa shape index (κ2) is 6.40. The molecule has 0 unspecified atom stereocenters. The number of aromatic nitrogens is 1. The highest BCUT2D eigenvalue weighted by Crippen LogP contribution is 2.35. The zero-order chi connectivity index (χ0) is 15.6. The molecule has 1 aliphatic rings. The molecule has 1 fully saturated rings. The number of halogens is 1. The predicted molar refractivity (Wildman–Crippen MR) is 82.2 cm³/mol. The van der Waals surface area contributed by atoms with Crippen LogP contribution in [0.2, 0.25) is 0 Å². The summed E-state index contributed by atoms with van der Waals surface area (Å²) in [6.45, 7) is 5.19.